The molecule has 0 fully saturated rings. The minimum Gasteiger partial charge on any atom is -0.394 e. The first kappa shape index (κ1) is 22.2. The lowest BCUT2D eigenvalue weighted by atomic mass is 10.2. The molecule has 2 unspecified atom stereocenters. The van der Waals surface area contributed by atoms with Gasteiger partial charge in [0, 0.05) is 0 Å². The van der Waals surface area contributed by atoms with E-state index in [1.165, 1.54) is 0 Å². The van der Waals surface area contributed by atoms with Crippen molar-refractivity contribution in [3.8, 4) is 0 Å². The Balaban J connectivity index is 0.000000260. The summed E-state index contributed by atoms with van der Waals surface area (Å²) in [5.41, 5.74) is 2.13. The van der Waals surface area contributed by atoms with E-state index in [0.717, 1.165) is 11.1 Å². The van der Waals surface area contributed by atoms with E-state index in [1.807, 2.05) is 60.7 Å². The van der Waals surface area contributed by atoms with Crippen molar-refractivity contribution in [3.05, 3.63) is 71.8 Å². The lowest BCUT2D eigenvalue weighted by Crippen LogP contribution is -2.19. The van der Waals surface area contributed by atoms with Crippen molar-refractivity contribution >= 4 is 0 Å². The average molecular weight is 364 g/mol. The van der Waals surface area contributed by atoms with Gasteiger partial charge in [0.2, 0.25) is 0 Å². The summed E-state index contributed by atoms with van der Waals surface area (Å²) in [6.07, 6.45) is -1.55. The van der Waals surface area contributed by atoms with Crippen molar-refractivity contribution in [2.24, 2.45) is 0 Å². The Labute approximate surface area is 154 Å². The monoisotopic (exact) mass is 364 g/mol. The van der Waals surface area contributed by atoms with Gasteiger partial charge in [-0.25, -0.2) is 0 Å². The van der Waals surface area contributed by atoms with Crippen LogP contribution in [0, 0.1) is 0 Å². The normalized spacial score (nSPS) is 12.8. The zero-order valence-electron chi connectivity index (χ0n) is 14.8. The van der Waals surface area contributed by atoms with Crippen LogP contribution in [-0.2, 0) is 22.7 Å². The van der Waals surface area contributed by atoms with Crippen LogP contribution in [0.15, 0.2) is 60.7 Å². The van der Waals surface area contributed by atoms with Gasteiger partial charge in [0.1, 0.15) is 12.2 Å². The van der Waals surface area contributed by atoms with Crippen molar-refractivity contribution < 1.29 is 29.9 Å². The standard InChI is InChI=1S/2C10H14O3/c2*11-6-10(12)8-13-7-9-4-2-1-3-5-9/h2*1-5,10-12H,6-8H2. The predicted octanol–water partition coefficient (Wildman–Crippen LogP) is 1.11. The molecule has 0 spiro atoms. The van der Waals surface area contributed by atoms with Crippen molar-refractivity contribution in [2.75, 3.05) is 26.4 Å². The third-order valence-corrected chi connectivity index (χ3v) is 3.27. The number of aliphatic hydroxyl groups is 4. The van der Waals surface area contributed by atoms with E-state index in [2.05, 4.69) is 0 Å². The number of hydrogen-bond donors (Lipinski definition) is 4. The summed E-state index contributed by atoms with van der Waals surface area (Å²) < 4.78 is 10.3. The summed E-state index contributed by atoms with van der Waals surface area (Å²) in [7, 11) is 0. The fraction of sp³-hybridized carbons (Fsp3) is 0.400. The van der Waals surface area contributed by atoms with E-state index < -0.39 is 12.2 Å². The number of benzene rings is 2. The van der Waals surface area contributed by atoms with Crippen LogP contribution in [0.5, 0.6) is 0 Å². The molecule has 0 aliphatic rings. The maximum Gasteiger partial charge on any atom is 0.100 e. The molecule has 2 rings (SSSR count). The third kappa shape index (κ3) is 10.9. The molecule has 0 saturated carbocycles. The highest BCUT2D eigenvalue weighted by molar-refractivity contribution is 5.14. The second kappa shape index (κ2) is 14.4. The van der Waals surface area contributed by atoms with E-state index in [9.17, 15) is 0 Å². The largest absolute Gasteiger partial charge is 0.394 e. The van der Waals surface area contributed by atoms with Crippen LogP contribution < -0.4 is 0 Å². The Bertz CT molecular complexity index is 497. The SMILES string of the molecule is OCC(O)COCc1ccccc1.OCC(O)COCc1ccccc1. The van der Waals surface area contributed by atoms with Crippen molar-refractivity contribution in [3.63, 3.8) is 0 Å². The van der Waals surface area contributed by atoms with Gasteiger partial charge in [0.25, 0.3) is 0 Å². The van der Waals surface area contributed by atoms with Gasteiger partial charge in [-0.3, -0.25) is 0 Å². The van der Waals surface area contributed by atoms with Gasteiger partial charge in [-0.05, 0) is 11.1 Å². The minimum atomic E-state index is -0.774. The molecule has 0 radical (unpaired) electrons. The molecule has 4 N–H and O–H groups in total. The summed E-state index contributed by atoms with van der Waals surface area (Å²) >= 11 is 0. The Hall–Kier alpha value is -1.80. The smallest absolute Gasteiger partial charge is 0.100 e. The molecular formula is C20H28O6. The summed E-state index contributed by atoms with van der Waals surface area (Å²) in [6.45, 7) is 0.774. The first-order chi connectivity index (χ1) is 12.7. The second-order valence-electron chi connectivity index (χ2n) is 5.67. The van der Waals surface area contributed by atoms with Crippen LogP contribution in [0.4, 0.5) is 0 Å². The van der Waals surface area contributed by atoms with Gasteiger partial charge in [0.05, 0.1) is 39.6 Å². The van der Waals surface area contributed by atoms with Crippen LogP contribution >= 0.6 is 0 Å². The predicted molar refractivity (Wildman–Crippen MR) is 98.4 cm³/mol. The van der Waals surface area contributed by atoms with E-state index >= 15 is 0 Å². The number of hydrogen-bond acceptors (Lipinski definition) is 6. The molecular weight excluding hydrogens is 336 g/mol. The zero-order chi connectivity index (χ0) is 19.0. The van der Waals surface area contributed by atoms with Crippen LogP contribution in [0.25, 0.3) is 0 Å². The molecule has 26 heavy (non-hydrogen) atoms. The topological polar surface area (TPSA) is 99.4 Å². The van der Waals surface area contributed by atoms with Gasteiger partial charge in [0.15, 0.2) is 0 Å². The number of aliphatic hydroxyl groups excluding tert-OH is 4. The highest BCUT2D eigenvalue weighted by Gasteiger charge is 2.01. The van der Waals surface area contributed by atoms with Gasteiger partial charge in [-0.1, -0.05) is 60.7 Å². The molecule has 0 aliphatic carbocycles. The Morgan fingerprint density at radius 2 is 0.962 bits per heavy atom. The molecule has 0 amide bonds. The molecule has 2 aromatic rings. The molecule has 0 heterocycles. The first-order valence-corrected chi connectivity index (χ1v) is 8.47. The van der Waals surface area contributed by atoms with Crippen LogP contribution in [-0.4, -0.2) is 59.1 Å². The molecule has 6 heteroatoms. The van der Waals surface area contributed by atoms with Crippen LogP contribution in [0.3, 0.4) is 0 Å². The molecule has 0 bridgehead atoms. The van der Waals surface area contributed by atoms with Gasteiger partial charge < -0.3 is 29.9 Å². The molecule has 2 aromatic carbocycles. The fourth-order valence-corrected chi connectivity index (χ4v) is 1.88. The number of ether oxygens (including phenoxy) is 2. The van der Waals surface area contributed by atoms with Crippen molar-refractivity contribution in [2.45, 2.75) is 25.4 Å². The quantitative estimate of drug-likeness (QED) is 0.504. The summed E-state index contributed by atoms with van der Waals surface area (Å²) in [5, 5.41) is 34.9. The van der Waals surface area contributed by atoms with Crippen molar-refractivity contribution in [1.29, 1.82) is 0 Å². The maximum atomic E-state index is 8.96. The summed E-state index contributed by atoms with van der Waals surface area (Å²) in [6, 6.07) is 19.4. The minimum absolute atomic E-state index is 0.172. The lowest BCUT2D eigenvalue weighted by molar-refractivity contribution is 0.0000245. The number of rotatable bonds is 10. The highest BCUT2D eigenvalue weighted by Crippen LogP contribution is 2.01. The second-order valence-corrected chi connectivity index (χ2v) is 5.67. The van der Waals surface area contributed by atoms with Crippen molar-refractivity contribution in [1.82, 2.24) is 0 Å². The molecule has 144 valence electrons. The lowest BCUT2D eigenvalue weighted by Gasteiger charge is -2.07. The molecule has 0 aromatic heterocycles. The molecule has 0 aliphatic heterocycles. The summed E-state index contributed by atoms with van der Waals surface area (Å²) in [5.74, 6) is 0. The highest BCUT2D eigenvalue weighted by atomic mass is 16.5. The van der Waals surface area contributed by atoms with Gasteiger partial charge in [-0.15, -0.1) is 0 Å². The summed E-state index contributed by atoms with van der Waals surface area (Å²) in [4.78, 5) is 0. The van der Waals surface area contributed by atoms with E-state index in [-0.39, 0.29) is 26.4 Å². The zero-order valence-corrected chi connectivity index (χ0v) is 14.8. The molecule has 2 atom stereocenters. The third-order valence-electron chi connectivity index (χ3n) is 3.27. The fourth-order valence-electron chi connectivity index (χ4n) is 1.88. The maximum absolute atomic E-state index is 8.96. The molecule has 6 nitrogen and oxygen atoms in total. The van der Waals surface area contributed by atoms with Gasteiger partial charge in [-0.2, -0.15) is 0 Å². The van der Waals surface area contributed by atoms with Crippen LogP contribution in [0.1, 0.15) is 11.1 Å². The Kier molecular flexibility index (Phi) is 12.3. The average Bonchev–Trinajstić information content (AvgIpc) is 2.70. The Morgan fingerprint density at radius 3 is 1.27 bits per heavy atom. The van der Waals surface area contributed by atoms with Gasteiger partial charge >= 0.3 is 0 Å². The first-order valence-electron chi connectivity index (χ1n) is 8.47. The van der Waals surface area contributed by atoms with E-state index in [1.54, 1.807) is 0 Å². The van der Waals surface area contributed by atoms with E-state index in [4.69, 9.17) is 29.9 Å². The van der Waals surface area contributed by atoms with E-state index in [0.29, 0.717) is 13.2 Å². The molecule has 0 saturated heterocycles. The van der Waals surface area contributed by atoms with Crippen LogP contribution in [0.2, 0.25) is 0 Å². The Morgan fingerprint density at radius 1 is 0.615 bits per heavy atom.